The monoisotopic (exact) mass is 216 g/mol. The first kappa shape index (κ1) is 11.1. The molecule has 0 fully saturated rings. The number of hydrogen-bond donors (Lipinski definition) is 1. The molecule has 0 aliphatic carbocycles. The second kappa shape index (κ2) is 5.73. The molecule has 0 saturated carbocycles. The lowest BCUT2D eigenvalue weighted by Gasteiger charge is -2.09. The van der Waals surface area contributed by atoms with Crippen molar-refractivity contribution in [3.8, 4) is 11.5 Å². The van der Waals surface area contributed by atoms with Crippen LogP contribution in [-0.4, -0.2) is 30.8 Å². The van der Waals surface area contributed by atoms with Crippen molar-refractivity contribution in [1.82, 2.24) is 0 Å². The molecule has 0 amide bonds. The molecule has 3 nitrogen and oxygen atoms in total. The number of aliphatic hydroxyl groups is 1. The number of rotatable bonds is 5. The van der Waals surface area contributed by atoms with Gasteiger partial charge in [0.15, 0.2) is 0 Å². The summed E-state index contributed by atoms with van der Waals surface area (Å²) in [5.74, 6) is 1.49. The van der Waals surface area contributed by atoms with Gasteiger partial charge in [-0.15, -0.1) is 11.6 Å². The van der Waals surface area contributed by atoms with E-state index in [1.165, 1.54) is 0 Å². The van der Waals surface area contributed by atoms with Gasteiger partial charge in [0.2, 0.25) is 0 Å². The summed E-state index contributed by atoms with van der Waals surface area (Å²) >= 11 is 5.67. The van der Waals surface area contributed by atoms with Crippen LogP contribution in [0.15, 0.2) is 24.3 Å². The van der Waals surface area contributed by atoms with E-state index in [2.05, 4.69) is 0 Å². The Balaban J connectivity index is 2.43. The lowest BCUT2D eigenvalue weighted by atomic mass is 10.3. The van der Waals surface area contributed by atoms with Gasteiger partial charge in [0, 0.05) is 0 Å². The molecule has 0 bridgehead atoms. The molecule has 1 N–H and O–H groups in total. The first-order valence-electron chi connectivity index (χ1n) is 4.28. The van der Waals surface area contributed by atoms with Crippen molar-refractivity contribution < 1.29 is 14.6 Å². The molecule has 0 spiro atoms. The molecule has 78 valence electrons. The number of ether oxygens (including phenoxy) is 2. The predicted octanol–water partition coefficient (Wildman–Crippen LogP) is 1.67. The minimum Gasteiger partial charge on any atom is -0.497 e. The summed E-state index contributed by atoms with van der Waals surface area (Å²) < 4.78 is 10.3. The number of benzene rings is 1. The van der Waals surface area contributed by atoms with Crippen LogP contribution in [0.5, 0.6) is 11.5 Å². The van der Waals surface area contributed by atoms with E-state index in [-0.39, 0.29) is 12.0 Å². The molecular formula is C10H13ClO3. The topological polar surface area (TPSA) is 38.7 Å². The SMILES string of the molecule is COc1ccc(OC[C@H](Cl)CO)cc1. The second-order valence-electron chi connectivity index (χ2n) is 2.77. The summed E-state index contributed by atoms with van der Waals surface area (Å²) in [6.07, 6.45) is 0. The van der Waals surface area contributed by atoms with Crippen molar-refractivity contribution in [3.63, 3.8) is 0 Å². The van der Waals surface area contributed by atoms with E-state index in [1.54, 1.807) is 31.4 Å². The van der Waals surface area contributed by atoms with Gasteiger partial charge < -0.3 is 14.6 Å². The summed E-state index contributed by atoms with van der Waals surface area (Å²) in [4.78, 5) is 0. The molecule has 1 aromatic carbocycles. The van der Waals surface area contributed by atoms with Crippen LogP contribution in [0, 0.1) is 0 Å². The molecule has 0 aliphatic rings. The summed E-state index contributed by atoms with van der Waals surface area (Å²) in [5, 5.41) is 8.30. The van der Waals surface area contributed by atoms with Crippen molar-refractivity contribution in [2.45, 2.75) is 5.38 Å². The van der Waals surface area contributed by atoms with Crippen LogP contribution in [0.25, 0.3) is 0 Å². The van der Waals surface area contributed by atoms with Gasteiger partial charge in [0.25, 0.3) is 0 Å². The zero-order valence-corrected chi connectivity index (χ0v) is 8.70. The van der Waals surface area contributed by atoms with Crippen LogP contribution < -0.4 is 9.47 Å². The Bertz CT molecular complexity index is 261. The predicted molar refractivity (Wildman–Crippen MR) is 55.2 cm³/mol. The highest BCUT2D eigenvalue weighted by atomic mass is 35.5. The largest absolute Gasteiger partial charge is 0.497 e. The van der Waals surface area contributed by atoms with E-state index in [1.807, 2.05) is 0 Å². The minimum atomic E-state index is -0.364. The fourth-order valence-electron chi connectivity index (χ4n) is 0.911. The van der Waals surface area contributed by atoms with Gasteiger partial charge in [0.05, 0.1) is 19.1 Å². The number of alkyl halides is 1. The highest BCUT2D eigenvalue weighted by Gasteiger charge is 2.03. The van der Waals surface area contributed by atoms with Gasteiger partial charge in [-0.25, -0.2) is 0 Å². The van der Waals surface area contributed by atoms with E-state index in [9.17, 15) is 0 Å². The average Bonchev–Trinajstić information content (AvgIpc) is 2.26. The third-order valence-corrected chi connectivity index (χ3v) is 1.95. The molecule has 4 heteroatoms. The van der Waals surface area contributed by atoms with Crippen LogP contribution in [0.4, 0.5) is 0 Å². The van der Waals surface area contributed by atoms with Gasteiger partial charge in [-0.1, -0.05) is 0 Å². The summed E-state index contributed by atoms with van der Waals surface area (Å²) in [5.41, 5.74) is 0. The molecule has 0 radical (unpaired) electrons. The third-order valence-electron chi connectivity index (χ3n) is 1.69. The number of aliphatic hydroxyl groups excluding tert-OH is 1. The normalized spacial score (nSPS) is 12.2. The van der Waals surface area contributed by atoms with Crippen LogP contribution in [0.1, 0.15) is 0 Å². The Labute approximate surface area is 88.2 Å². The van der Waals surface area contributed by atoms with E-state index in [0.29, 0.717) is 12.4 Å². The molecule has 0 aromatic heterocycles. The first-order valence-corrected chi connectivity index (χ1v) is 4.71. The minimum absolute atomic E-state index is 0.0856. The maximum Gasteiger partial charge on any atom is 0.119 e. The van der Waals surface area contributed by atoms with Gasteiger partial charge in [-0.2, -0.15) is 0 Å². The molecule has 0 heterocycles. The number of hydrogen-bond acceptors (Lipinski definition) is 3. The fourth-order valence-corrected chi connectivity index (χ4v) is 0.974. The molecule has 0 saturated heterocycles. The molecule has 14 heavy (non-hydrogen) atoms. The Hall–Kier alpha value is -0.930. The standard InChI is InChI=1S/C10H13ClO3/c1-13-9-2-4-10(5-3-9)14-7-8(11)6-12/h2-5,8,12H,6-7H2,1H3/t8-/m1/s1. The maximum absolute atomic E-state index is 8.66. The highest BCUT2D eigenvalue weighted by molar-refractivity contribution is 6.20. The molecule has 1 rings (SSSR count). The lowest BCUT2D eigenvalue weighted by Crippen LogP contribution is -2.15. The highest BCUT2D eigenvalue weighted by Crippen LogP contribution is 2.17. The van der Waals surface area contributed by atoms with E-state index >= 15 is 0 Å². The van der Waals surface area contributed by atoms with E-state index < -0.39 is 0 Å². The van der Waals surface area contributed by atoms with E-state index in [0.717, 1.165) is 5.75 Å². The summed E-state index contributed by atoms with van der Waals surface area (Å²) in [6.45, 7) is 0.210. The molecule has 0 aliphatic heterocycles. The molecule has 0 unspecified atom stereocenters. The Morgan fingerprint density at radius 2 is 1.86 bits per heavy atom. The van der Waals surface area contributed by atoms with Crippen LogP contribution in [0.3, 0.4) is 0 Å². The Morgan fingerprint density at radius 1 is 1.29 bits per heavy atom. The number of halogens is 1. The van der Waals surface area contributed by atoms with Crippen molar-refractivity contribution >= 4 is 11.6 Å². The van der Waals surface area contributed by atoms with E-state index in [4.69, 9.17) is 26.2 Å². The second-order valence-corrected chi connectivity index (χ2v) is 3.38. The van der Waals surface area contributed by atoms with Crippen molar-refractivity contribution in [3.05, 3.63) is 24.3 Å². The third kappa shape index (κ3) is 3.44. The summed E-state index contributed by atoms with van der Waals surface area (Å²) in [7, 11) is 1.61. The Kier molecular flexibility index (Phi) is 4.56. The molecule has 1 atom stereocenters. The molecule has 1 aromatic rings. The zero-order chi connectivity index (χ0) is 10.4. The van der Waals surface area contributed by atoms with Crippen molar-refractivity contribution in [2.75, 3.05) is 20.3 Å². The van der Waals surface area contributed by atoms with Crippen molar-refractivity contribution in [2.24, 2.45) is 0 Å². The zero-order valence-electron chi connectivity index (χ0n) is 7.94. The maximum atomic E-state index is 8.66. The van der Waals surface area contributed by atoms with Gasteiger partial charge >= 0.3 is 0 Å². The fraction of sp³-hybridized carbons (Fsp3) is 0.400. The smallest absolute Gasteiger partial charge is 0.119 e. The number of methoxy groups -OCH3 is 1. The van der Waals surface area contributed by atoms with Gasteiger partial charge in [-0.05, 0) is 24.3 Å². The lowest BCUT2D eigenvalue weighted by molar-refractivity contribution is 0.238. The van der Waals surface area contributed by atoms with Gasteiger partial charge in [0.1, 0.15) is 18.1 Å². The quantitative estimate of drug-likeness (QED) is 0.762. The molecular weight excluding hydrogens is 204 g/mol. The van der Waals surface area contributed by atoms with Crippen LogP contribution in [0.2, 0.25) is 0 Å². The first-order chi connectivity index (χ1) is 6.76. The summed E-state index contributed by atoms with van der Waals surface area (Å²) in [6, 6.07) is 7.19. The van der Waals surface area contributed by atoms with Crippen molar-refractivity contribution in [1.29, 1.82) is 0 Å². The van der Waals surface area contributed by atoms with Crippen LogP contribution in [-0.2, 0) is 0 Å². The Morgan fingerprint density at radius 3 is 2.36 bits per heavy atom. The van der Waals surface area contributed by atoms with Gasteiger partial charge in [-0.3, -0.25) is 0 Å². The average molecular weight is 217 g/mol. The van der Waals surface area contributed by atoms with Crippen LogP contribution >= 0.6 is 11.6 Å².